The van der Waals surface area contributed by atoms with Crippen LogP contribution in [0.15, 0.2) is 30.3 Å². The number of nitrogens with zero attached hydrogens (tertiary/aromatic N) is 2. The molecule has 0 bridgehead atoms. The van der Waals surface area contributed by atoms with Gasteiger partial charge in [0.25, 0.3) is 0 Å². The number of rotatable bonds is 8. The molecule has 1 atom stereocenters. The third-order valence-corrected chi connectivity index (χ3v) is 3.74. The second-order valence-electron chi connectivity index (χ2n) is 5.74. The predicted octanol–water partition coefficient (Wildman–Crippen LogP) is 3.42. The van der Waals surface area contributed by atoms with E-state index in [1.807, 2.05) is 39.0 Å². The van der Waals surface area contributed by atoms with E-state index >= 15 is 0 Å². The highest BCUT2D eigenvalue weighted by atomic mass is 16.5. The van der Waals surface area contributed by atoms with Crippen molar-refractivity contribution >= 4 is 11.6 Å². The van der Waals surface area contributed by atoms with Gasteiger partial charge in [-0.1, -0.05) is 12.1 Å². The summed E-state index contributed by atoms with van der Waals surface area (Å²) in [5.74, 6) is 1.49. The van der Waals surface area contributed by atoms with E-state index in [0.717, 1.165) is 17.5 Å². The van der Waals surface area contributed by atoms with Crippen LogP contribution in [0.2, 0.25) is 0 Å². The number of hydrogen-bond donors (Lipinski definition) is 3. The molecule has 132 valence electrons. The van der Waals surface area contributed by atoms with Crippen LogP contribution in [-0.4, -0.2) is 29.5 Å². The fourth-order valence-electron chi connectivity index (χ4n) is 2.50. The third kappa shape index (κ3) is 5.37. The molecular weight excluding hydrogens is 316 g/mol. The number of anilines is 2. The molecule has 1 aromatic carbocycles. The summed E-state index contributed by atoms with van der Waals surface area (Å²) in [6.07, 6.45) is 0.605. The number of phenols is 1. The van der Waals surface area contributed by atoms with Gasteiger partial charge < -0.3 is 20.5 Å². The number of pyridine rings is 1. The van der Waals surface area contributed by atoms with Crippen LogP contribution < -0.4 is 10.6 Å². The highest BCUT2D eigenvalue weighted by molar-refractivity contribution is 5.60. The predicted molar refractivity (Wildman–Crippen MR) is 98.7 cm³/mol. The lowest BCUT2D eigenvalue weighted by Gasteiger charge is -2.17. The highest BCUT2D eigenvalue weighted by Gasteiger charge is 2.11. The van der Waals surface area contributed by atoms with Gasteiger partial charge in [-0.25, -0.2) is 4.98 Å². The summed E-state index contributed by atoms with van der Waals surface area (Å²) in [6.45, 7) is 6.99. The Hall–Kier alpha value is -2.78. The molecule has 25 heavy (non-hydrogen) atoms. The number of ether oxygens (including phenoxy) is 1. The molecule has 6 heteroatoms. The lowest BCUT2D eigenvalue weighted by atomic mass is 10.1. The van der Waals surface area contributed by atoms with E-state index < -0.39 is 0 Å². The first kappa shape index (κ1) is 18.6. The van der Waals surface area contributed by atoms with E-state index in [1.54, 1.807) is 12.1 Å². The number of benzene rings is 1. The molecule has 1 unspecified atom stereocenters. The Balaban J connectivity index is 2.08. The lowest BCUT2D eigenvalue weighted by molar-refractivity contribution is 0.0958. The Morgan fingerprint density at radius 2 is 2.04 bits per heavy atom. The van der Waals surface area contributed by atoms with Gasteiger partial charge in [0.05, 0.1) is 5.56 Å². The van der Waals surface area contributed by atoms with E-state index in [-0.39, 0.29) is 12.0 Å². The summed E-state index contributed by atoms with van der Waals surface area (Å²) < 4.78 is 5.47. The van der Waals surface area contributed by atoms with Crippen molar-refractivity contribution in [2.24, 2.45) is 0 Å². The van der Waals surface area contributed by atoms with Gasteiger partial charge in [0, 0.05) is 13.2 Å². The molecule has 0 amide bonds. The minimum Gasteiger partial charge on any atom is -0.508 e. The van der Waals surface area contributed by atoms with Crippen LogP contribution in [0.5, 0.6) is 5.75 Å². The molecule has 2 rings (SSSR count). The van der Waals surface area contributed by atoms with Gasteiger partial charge in [-0.15, -0.1) is 0 Å². The quantitative estimate of drug-likeness (QED) is 0.638. The lowest BCUT2D eigenvalue weighted by Crippen LogP contribution is -2.20. The molecule has 0 aliphatic rings. The van der Waals surface area contributed by atoms with E-state index in [1.165, 1.54) is 0 Å². The summed E-state index contributed by atoms with van der Waals surface area (Å²) in [4.78, 5) is 4.51. The van der Waals surface area contributed by atoms with Gasteiger partial charge >= 0.3 is 0 Å². The third-order valence-electron chi connectivity index (χ3n) is 3.74. The zero-order valence-electron chi connectivity index (χ0n) is 14.8. The summed E-state index contributed by atoms with van der Waals surface area (Å²) in [5.41, 5.74) is 2.50. The smallest absolute Gasteiger partial charge is 0.146 e. The number of hydrogen-bond acceptors (Lipinski definition) is 6. The molecule has 3 N–H and O–H groups in total. The first-order chi connectivity index (χ1) is 12.0. The fourth-order valence-corrected chi connectivity index (χ4v) is 2.50. The molecule has 0 spiro atoms. The van der Waals surface area contributed by atoms with Crippen LogP contribution in [0.25, 0.3) is 0 Å². The van der Waals surface area contributed by atoms with E-state index in [4.69, 9.17) is 4.74 Å². The Morgan fingerprint density at radius 3 is 2.68 bits per heavy atom. The van der Waals surface area contributed by atoms with Gasteiger partial charge in [-0.05, 0) is 56.5 Å². The molecule has 2 aromatic rings. The van der Waals surface area contributed by atoms with Gasteiger partial charge in [0.15, 0.2) is 0 Å². The van der Waals surface area contributed by atoms with Crippen LogP contribution in [0.1, 0.15) is 30.5 Å². The van der Waals surface area contributed by atoms with Crippen molar-refractivity contribution in [3.63, 3.8) is 0 Å². The van der Waals surface area contributed by atoms with Crippen molar-refractivity contribution in [3.05, 3.63) is 47.0 Å². The maximum absolute atomic E-state index is 9.40. The number of aromatic hydroxyl groups is 1. The second-order valence-corrected chi connectivity index (χ2v) is 5.74. The molecule has 0 aliphatic heterocycles. The van der Waals surface area contributed by atoms with Crippen LogP contribution in [-0.2, 0) is 11.2 Å². The van der Waals surface area contributed by atoms with Gasteiger partial charge in [-0.2, -0.15) is 5.26 Å². The van der Waals surface area contributed by atoms with Crippen LogP contribution >= 0.6 is 0 Å². The maximum atomic E-state index is 9.40. The number of aryl methyl sites for hydroxylation is 1. The van der Waals surface area contributed by atoms with E-state index in [9.17, 15) is 10.4 Å². The molecular formula is C19H24N4O2. The average molecular weight is 340 g/mol. The van der Waals surface area contributed by atoms with Crippen molar-refractivity contribution in [2.75, 3.05) is 23.8 Å². The van der Waals surface area contributed by atoms with Crippen molar-refractivity contribution in [3.8, 4) is 11.8 Å². The first-order valence-corrected chi connectivity index (χ1v) is 8.35. The van der Waals surface area contributed by atoms with Crippen LogP contribution in [0.4, 0.5) is 11.6 Å². The SMILES string of the molecule is CCOC(C)Nc1cc(C)c(C#N)c(NCCc2ccc(O)cc2)n1. The number of nitriles is 1. The van der Waals surface area contributed by atoms with Crippen molar-refractivity contribution in [2.45, 2.75) is 33.4 Å². The van der Waals surface area contributed by atoms with Crippen molar-refractivity contribution in [1.29, 1.82) is 5.26 Å². The molecule has 0 fully saturated rings. The van der Waals surface area contributed by atoms with E-state index in [2.05, 4.69) is 21.7 Å². The Morgan fingerprint density at radius 1 is 1.32 bits per heavy atom. The van der Waals surface area contributed by atoms with Gasteiger partial charge in [-0.3, -0.25) is 0 Å². The molecule has 0 saturated heterocycles. The fraction of sp³-hybridized carbons (Fsp3) is 0.368. The minimum absolute atomic E-state index is 0.158. The second kappa shape index (κ2) is 8.90. The normalized spacial score (nSPS) is 11.6. The van der Waals surface area contributed by atoms with Crippen LogP contribution in [0, 0.1) is 18.3 Å². The van der Waals surface area contributed by atoms with Crippen LogP contribution in [0.3, 0.4) is 0 Å². The van der Waals surface area contributed by atoms with Gasteiger partial charge in [0.1, 0.15) is 29.7 Å². The standard InChI is InChI=1S/C19H24N4O2/c1-4-25-14(3)22-18-11-13(2)17(12-20)19(23-18)21-10-9-15-5-7-16(24)8-6-15/h5-8,11,14,24H,4,9-10H2,1-3H3,(H2,21,22,23). The molecule has 0 aliphatic carbocycles. The molecule has 0 radical (unpaired) electrons. The molecule has 6 nitrogen and oxygen atoms in total. The largest absolute Gasteiger partial charge is 0.508 e. The number of phenolic OH excluding ortho intramolecular Hbond substituents is 1. The minimum atomic E-state index is -0.158. The van der Waals surface area contributed by atoms with Crippen molar-refractivity contribution < 1.29 is 9.84 Å². The molecule has 0 saturated carbocycles. The Kier molecular flexibility index (Phi) is 6.61. The summed E-state index contributed by atoms with van der Waals surface area (Å²) in [6, 6.07) is 11.1. The Bertz CT molecular complexity index is 738. The highest BCUT2D eigenvalue weighted by Crippen LogP contribution is 2.21. The summed E-state index contributed by atoms with van der Waals surface area (Å²) in [7, 11) is 0. The van der Waals surface area contributed by atoms with E-state index in [0.29, 0.717) is 30.4 Å². The Labute approximate surface area is 148 Å². The zero-order valence-corrected chi connectivity index (χ0v) is 14.8. The number of nitrogens with one attached hydrogen (secondary N) is 2. The monoisotopic (exact) mass is 340 g/mol. The first-order valence-electron chi connectivity index (χ1n) is 8.35. The number of aromatic nitrogens is 1. The van der Waals surface area contributed by atoms with Crippen molar-refractivity contribution in [1.82, 2.24) is 4.98 Å². The molecule has 1 heterocycles. The zero-order chi connectivity index (χ0) is 18.2. The average Bonchev–Trinajstić information content (AvgIpc) is 2.57. The van der Waals surface area contributed by atoms with Gasteiger partial charge in [0.2, 0.25) is 0 Å². The summed E-state index contributed by atoms with van der Waals surface area (Å²) in [5, 5.41) is 25.1. The topological polar surface area (TPSA) is 90.2 Å². The summed E-state index contributed by atoms with van der Waals surface area (Å²) >= 11 is 0. The molecule has 1 aromatic heterocycles. The maximum Gasteiger partial charge on any atom is 0.146 e.